The van der Waals surface area contributed by atoms with Crippen molar-refractivity contribution in [2.24, 2.45) is 0 Å². The topological polar surface area (TPSA) is 23.5 Å². The Bertz CT molecular complexity index is 452. The molecular weight excluding hydrogens is 293 g/mol. The van der Waals surface area contributed by atoms with Gasteiger partial charge in [0.1, 0.15) is 0 Å². The minimum Gasteiger partial charge on any atom is -0.389 e. The van der Waals surface area contributed by atoms with Gasteiger partial charge in [0.25, 0.3) is 0 Å². The third-order valence-corrected chi connectivity index (χ3v) is 4.68. The maximum Gasteiger partial charge on any atom is 0.0701 e. The number of nitrogens with zero attached hydrogens (tertiary/aromatic N) is 1. The minimum atomic E-state index is -0.656. The lowest BCUT2D eigenvalue weighted by molar-refractivity contribution is 0.0257. The van der Waals surface area contributed by atoms with E-state index in [-0.39, 0.29) is 0 Å². The predicted octanol–water partition coefficient (Wildman–Crippen LogP) is 4.16. The summed E-state index contributed by atoms with van der Waals surface area (Å²) in [7, 11) is 0. The second-order valence-corrected chi connectivity index (χ2v) is 6.68. The van der Waals surface area contributed by atoms with Gasteiger partial charge in [-0.25, -0.2) is 0 Å². The first-order valence-corrected chi connectivity index (χ1v) is 8.17. The minimum absolute atomic E-state index is 0.590. The first-order chi connectivity index (χ1) is 9.52. The Morgan fingerprint density at radius 3 is 2.80 bits per heavy atom. The van der Waals surface area contributed by atoms with Crippen molar-refractivity contribution < 1.29 is 5.11 Å². The van der Waals surface area contributed by atoms with Crippen LogP contribution >= 0.6 is 23.2 Å². The summed E-state index contributed by atoms with van der Waals surface area (Å²) in [6.07, 6.45) is 4.42. The van der Waals surface area contributed by atoms with Crippen molar-refractivity contribution >= 4 is 23.2 Å². The Balaban J connectivity index is 2.05. The average Bonchev–Trinajstić information content (AvgIpc) is 2.57. The maximum absolute atomic E-state index is 10.9. The molecule has 1 aromatic rings. The highest BCUT2D eigenvalue weighted by Crippen LogP contribution is 2.30. The van der Waals surface area contributed by atoms with E-state index in [0.29, 0.717) is 16.5 Å². The van der Waals surface area contributed by atoms with Crippen LogP contribution in [0.3, 0.4) is 0 Å². The van der Waals surface area contributed by atoms with Crippen LogP contribution in [-0.2, 0) is 6.42 Å². The Hall–Kier alpha value is -0.280. The van der Waals surface area contributed by atoms with Crippen molar-refractivity contribution in [3.8, 4) is 0 Å². The van der Waals surface area contributed by atoms with Gasteiger partial charge in [0, 0.05) is 23.0 Å². The summed E-state index contributed by atoms with van der Waals surface area (Å²) in [5, 5.41) is 12.2. The number of rotatable bonds is 4. The molecule has 1 N–H and O–H groups in total. The molecule has 2 nitrogen and oxygen atoms in total. The second-order valence-electron chi connectivity index (χ2n) is 5.83. The fraction of sp³-hybridized carbons (Fsp3) is 0.625. The molecule has 0 saturated carbocycles. The smallest absolute Gasteiger partial charge is 0.0701 e. The molecule has 0 aliphatic carbocycles. The number of halogens is 2. The number of aliphatic hydroxyl groups is 1. The molecule has 1 saturated heterocycles. The summed E-state index contributed by atoms with van der Waals surface area (Å²) < 4.78 is 0. The molecule has 1 aliphatic heterocycles. The highest BCUT2D eigenvalue weighted by atomic mass is 35.5. The lowest BCUT2D eigenvalue weighted by atomic mass is 9.88. The Morgan fingerprint density at radius 2 is 2.05 bits per heavy atom. The lowest BCUT2D eigenvalue weighted by Gasteiger charge is -2.27. The van der Waals surface area contributed by atoms with E-state index in [9.17, 15) is 5.11 Å². The number of benzene rings is 1. The van der Waals surface area contributed by atoms with E-state index in [4.69, 9.17) is 23.2 Å². The SMILES string of the molecule is CCCN1CCCC(O)(Cc2cc(Cl)ccc2Cl)CC1. The molecule has 1 aliphatic rings. The zero-order valence-corrected chi connectivity index (χ0v) is 13.6. The first kappa shape index (κ1) is 16.1. The van der Waals surface area contributed by atoms with Crippen molar-refractivity contribution in [2.45, 2.75) is 44.6 Å². The predicted molar refractivity (Wildman–Crippen MR) is 85.7 cm³/mol. The quantitative estimate of drug-likeness (QED) is 0.901. The van der Waals surface area contributed by atoms with Gasteiger partial charge in [-0.05, 0) is 62.5 Å². The average molecular weight is 316 g/mol. The molecule has 4 heteroatoms. The van der Waals surface area contributed by atoms with Crippen LogP contribution in [0.5, 0.6) is 0 Å². The van der Waals surface area contributed by atoms with E-state index in [0.717, 1.165) is 44.5 Å². The highest BCUT2D eigenvalue weighted by Gasteiger charge is 2.30. The summed E-state index contributed by atoms with van der Waals surface area (Å²) in [5.74, 6) is 0. The molecule has 112 valence electrons. The zero-order chi connectivity index (χ0) is 14.6. The molecule has 1 unspecified atom stereocenters. The largest absolute Gasteiger partial charge is 0.389 e. The number of hydrogen-bond donors (Lipinski definition) is 1. The third-order valence-electron chi connectivity index (χ3n) is 4.08. The lowest BCUT2D eigenvalue weighted by Crippen LogP contribution is -2.33. The zero-order valence-electron chi connectivity index (χ0n) is 12.0. The Kier molecular flexibility index (Phi) is 5.74. The summed E-state index contributed by atoms with van der Waals surface area (Å²) in [6, 6.07) is 5.47. The summed E-state index contributed by atoms with van der Waals surface area (Å²) in [5.41, 5.74) is 0.294. The molecule has 1 fully saturated rings. The normalized spacial score (nSPS) is 24.6. The molecule has 20 heavy (non-hydrogen) atoms. The molecule has 0 bridgehead atoms. The van der Waals surface area contributed by atoms with Crippen molar-refractivity contribution in [2.75, 3.05) is 19.6 Å². The van der Waals surface area contributed by atoms with E-state index in [1.165, 1.54) is 6.42 Å². The van der Waals surface area contributed by atoms with Crippen LogP contribution in [0.25, 0.3) is 0 Å². The Morgan fingerprint density at radius 1 is 1.25 bits per heavy atom. The molecule has 0 amide bonds. The van der Waals surface area contributed by atoms with Crippen molar-refractivity contribution in [1.82, 2.24) is 4.90 Å². The van der Waals surface area contributed by atoms with E-state index in [2.05, 4.69) is 11.8 Å². The molecule has 2 rings (SSSR count). The van der Waals surface area contributed by atoms with Crippen LogP contribution in [0.2, 0.25) is 10.0 Å². The number of hydrogen-bond acceptors (Lipinski definition) is 2. The molecule has 1 heterocycles. The van der Waals surface area contributed by atoms with Crippen molar-refractivity contribution in [1.29, 1.82) is 0 Å². The van der Waals surface area contributed by atoms with Gasteiger partial charge in [0.05, 0.1) is 5.60 Å². The summed E-state index contributed by atoms with van der Waals surface area (Å²) >= 11 is 12.2. The van der Waals surface area contributed by atoms with Gasteiger partial charge >= 0.3 is 0 Å². The van der Waals surface area contributed by atoms with E-state index >= 15 is 0 Å². The fourth-order valence-electron chi connectivity index (χ4n) is 2.98. The molecular formula is C16H23Cl2NO. The van der Waals surface area contributed by atoms with Crippen LogP contribution in [0, 0.1) is 0 Å². The molecule has 1 atom stereocenters. The van der Waals surface area contributed by atoms with Crippen molar-refractivity contribution in [3.05, 3.63) is 33.8 Å². The van der Waals surface area contributed by atoms with Crippen molar-refractivity contribution in [3.63, 3.8) is 0 Å². The van der Waals surface area contributed by atoms with Crippen LogP contribution in [0.4, 0.5) is 0 Å². The van der Waals surface area contributed by atoms with Gasteiger partial charge in [0.2, 0.25) is 0 Å². The maximum atomic E-state index is 10.9. The van der Waals surface area contributed by atoms with Gasteiger partial charge in [-0.3, -0.25) is 0 Å². The third kappa shape index (κ3) is 4.36. The fourth-order valence-corrected chi connectivity index (χ4v) is 3.36. The molecule has 1 aromatic carbocycles. The van der Waals surface area contributed by atoms with E-state index in [1.54, 1.807) is 6.07 Å². The van der Waals surface area contributed by atoms with Crippen LogP contribution in [0.15, 0.2) is 18.2 Å². The number of likely N-dealkylation sites (tertiary alicyclic amines) is 1. The Labute approximate surface area is 131 Å². The van der Waals surface area contributed by atoms with E-state index < -0.39 is 5.60 Å². The van der Waals surface area contributed by atoms with E-state index in [1.807, 2.05) is 12.1 Å². The highest BCUT2D eigenvalue weighted by molar-refractivity contribution is 6.33. The standard InChI is InChI=1S/C16H23Cl2NO/c1-2-8-19-9-3-6-16(20,7-10-19)12-13-11-14(17)4-5-15(13)18/h4-5,11,20H,2-3,6-10,12H2,1H3. The molecule has 0 spiro atoms. The first-order valence-electron chi connectivity index (χ1n) is 7.41. The summed E-state index contributed by atoms with van der Waals surface area (Å²) in [6.45, 7) is 5.36. The monoisotopic (exact) mass is 315 g/mol. The van der Waals surface area contributed by atoms with Gasteiger partial charge in [-0.2, -0.15) is 0 Å². The van der Waals surface area contributed by atoms with Crippen LogP contribution in [0.1, 0.15) is 38.2 Å². The summed E-state index contributed by atoms with van der Waals surface area (Å²) in [4.78, 5) is 2.44. The van der Waals surface area contributed by atoms with Gasteiger partial charge in [-0.15, -0.1) is 0 Å². The van der Waals surface area contributed by atoms with Gasteiger partial charge in [0.15, 0.2) is 0 Å². The second kappa shape index (κ2) is 7.13. The van der Waals surface area contributed by atoms with Crippen LogP contribution in [-0.4, -0.2) is 35.2 Å². The van der Waals surface area contributed by atoms with Crippen LogP contribution < -0.4 is 0 Å². The molecule has 0 aromatic heterocycles. The molecule has 0 radical (unpaired) electrons. The van der Waals surface area contributed by atoms with Gasteiger partial charge in [-0.1, -0.05) is 30.1 Å². The van der Waals surface area contributed by atoms with Gasteiger partial charge < -0.3 is 10.0 Å².